The Labute approximate surface area is 94.5 Å². The van der Waals surface area contributed by atoms with Crippen LogP contribution in [-0.2, 0) is 14.8 Å². The lowest BCUT2D eigenvalue weighted by Crippen LogP contribution is -2.22. The van der Waals surface area contributed by atoms with Crippen molar-refractivity contribution in [3.05, 3.63) is 29.3 Å². The summed E-state index contributed by atoms with van der Waals surface area (Å²) in [6.45, 7) is 1.75. The second kappa shape index (κ2) is 4.63. The molecule has 0 atom stereocenters. The zero-order valence-corrected chi connectivity index (χ0v) is 10.1. The highest BCUT2D eigenvalue weighted by atomic mass is 32.2. The summed E-state index contributed by atoms with van der Waals surface area (Å²) >= 11 is 0. The minimum atomic E-state index is -3.66. The second-order valence-electron chi connectivity index (χ2n) is 3.20. The fourth-order valence-electron chi connectivity index (χ4n) is 1.24. The lowest BCUT2D eigenvalue weighted by Gasteiger charge is -2.08. The van der Waals surface area contributed by atoms with Crippen LogP contribution in [0, 0.1) is 6.92 Å². The number of hydrogen-bond donors (Lipinski definition) is 1. The van der Waals surface area contributed by atoms with Crippen LogP contribution < -0.4 is 4.72 Å². The molecular formula is C10H13NO4S. The molecule has 0 unspecified atom stereocenters. The van der Waals surface area contributed by atoms with Gasteiger partial charge in [-0.15, -0.1) is 0 Å². The smallest absolute Gasteiger partial charge is 0.339 e. The summed E-state index contributed by atoms with van der Waals surface area (Å²) in [7, 11) is -1.16. The molecule has 0 aromatic heterocycles. The van der Waals surface area contributed by atoms with Crippen molar-refractivity contribution in [3.63, 3.8) is 0 Å². The van der Waals surface area contributed by atoms with Gasteiger partial charge in [0.05, 0.1) is 17.6 Å². The van der Waals surface area contributed by atoms with Crippen LogP contribution >= 0.6 is 0 Å². The van der Waals surface area contributed by atoms with Gasteiger partial charge in [-0.1, -0.05) is 6.07 Å². The van der Waals surface area contributed by atoms with Gasteiger partial charge in [-0.3, -0.25) is 0 Å². The van der Waals surface area contributed by atoms with Gasteiger partial charge < -0.3 is 4.74 Å². The van der Waals surface area contributed by atoms with E-state index in [9.17, 15) is 13.2 Å². The third-order valence-electron chi connectivity index (χ3n) is 2.10. The lowest BCUT2D eigenvalue weighted by atomic mass is 10.1. The van der Waals surface area contributed by atoms with Crippen molar-refractivity contribution in [3.8, 4) is 0 Å². The van der Waals surface area contributed by atoms with Gasteiger partial charge in [0, 0.05) is 0 Å². The molecule has 0 spiro atoms. The van der Waals surface area contributed by atoms with E-state index in [1.165, 1.54) is 26.3 Å². The number of carbonyl (C=O) groups excluding carboxylic acids is 1. The van der Waals surface area contributed by atoms with Gasteiger partial charge in [0.1, 0.15) is 0 Å². The Bertz CT molecular complexity index is 508. The Morgan fingerprint density at radius 3 is 2.50 bits per heavy atom. The van der Waals surface area contributed by atoms with Crippen LogP contribution in [0.5, 0.6) is 0 Å². The van der Waals surface area contributed by atoms with Crippen LogP contribution in [0.1, 0.15) is 15.9 Å². The Hall–Kier alpha value is -1.40. The van der Waals surface area contributed by atoms with Crippen molar-refractivity contribution in [1.29, 1.82) is 0 Å². The maximum absolute atomic E-state index is 11.7. The Morgan fingerprint density at radius 2 is 2.00 bits per heavy atom. The van der Waals surface area contributed by atoms with Gasteiger partial charge in [0.25, 0.3) is 0 Å². The van der Waals surface area contributed by atoms with Gasteiger partial charge in [0.15, 0.2) is 0 Å². The molecule has 1 aromatic rings. The minimum Gasteiger partial charge on any atom is -0.465 e. The first kappa shape index (κ1) is 12.7. The molecule has 0 aliphatic rings. The van der Waals surface area contributed by atoms with Crippen LogP contribution in [0.3, 0.4) is 0 Å². The van der Waals surface area contributed by atoms with Gasteiger partial charge in [0.2, 0.25) is 10.0 Å². The number of rotatable bonds is 3. The summed E-state index contributed by atoms with van der Waals surface area (Å²) in [5.41, 5.74) is 0.781. The molecule has 5 nitrogen and oxygen atoms in total. The quantitative estimate of drug-likeness (QED) is 0.793. The van der Waals surface area contributed by atoms with E-state index in [-0.39, 0.29) is 10.5 Å². The molecule has 1 aromatic carbocycles. The maximum Gasteiger partial charge on any atom is 0.339 e. The zero-order chi connectivity index (χ0) is 12.3. The summed E-state index contributed by atoms with van der Waals surface area (Å²) in [6.07, 6.45) is 0. The number of aryl methyl sites for hydroxylation is 1. The second-order valence-corrected chi connectivity index (χ2v) is 5.05. The molecular weight excluding hydrogens is 230 g/mol. The van der Waals surface area contributed by atoms with E-state index in [1.54, 1.807) is 13.0 Å². The molecule has 0 saturated carbocycles. The van der Waals surface area contributed by atoms with E-state index in [0.29, 0.717) is 0 Å². The van der Waals surface area contributed by atoms with Crippen molar-refractivity contribution < 1.29 is 17.9 Å². The van der Waals surface area contributed by atoms with Crippen molar-refractivity contribution in [2.75, 3.05) is 14.2 Å². The molecule has 0 saturated heterocycles. The summed E-state index contributed by atoms with van der Waals surface area (Å²) in [5, 5.41) is 0. The van der Waals surface area contributed by atoms with Crippen molar-refractivity contribution in [2.24, 2.45) is 0 Å². The number of esters is 1. The van der Waals surface area contributed by atoms with Crippen LogP contribution in [0.4, 0.5) is 0 Å². The third-order valence-corrected chi connectivity index (χ3v) is 3.55. The molecule has 0 bridgehead atoms. The number of methoxy groups -OCH3 is 1. The largest absolute Gasteiger partial charge is 0.465 e. The highest BCUT2D eigenvalue weighted by Crippen LogP contribution is 2.18. The SMILES string of the molecule is CNS(=O)(=O)c1cc(C)ccc1C(=O)OC. The van der Waals surface area contributed by atoms with Crippen molar-refractivity contribution >= 4 is 16.0 Å². The molecule has 1 rings (SSSR count). The predicted octanol–water partition coefficient (Wildman–Crippen LogP) is 0.690. The average molecular weight is 243 g/mol. The van der Waals surface area contributed by atoms with Crippen molar-refractivity contribution in [1.82, 2.24) is 4.72 Å². The summed E-state index contributed by atoms with van der Waals surface area (Å²) in [4.78, 5) is 11.3. The van der Waals surface area contributed by atoms with Crippen LogP contribution in [0.15, 0.2) is 23.1 Å². The molecule has 0 radical (unpaired) electrons. The lowest BCUT2D eigenvalue weighted by molar-refractivity contribution is 0.0596. The van der Waals surface area contributed by atoms with Crippen LogP contribution in [0.2, 0.25) is 0 Å². The Morgan fingerprint density at radius 1 is 1.38 bits per heavy atom. The van der Waals surface area contributed by atoms with Gasteiger partial charge in [-0.25, -0.2) is 17.9 Å². The number of carbonyl (C=O) groups is 1. The Kier molecular flexibility index (Phi) is 3.66. The van der Waals surface area contributed by atoms with E-state index in [1.807, 2.05) is 0 Å². The van der Waals surface area contributed by atoms with Gasteiger partial charge >= 0.3 is 5.97 Å². The molecule has 6 heteroatoms. The molecule has 0 heterocycles. The predicted molar refractivity (Wildman–Crippen MR) is 58.8 cm³/mol. The molecule has 0 fully saturated rings. The highest BCUT2D eigenvalue weighted by molar-refractivity contribution is 7.89. The van der Waals surface area contributed by atoms with E-state index in [2.05, 4.69) is 9.46 Å². The van der Waals surface area contributed by atoms with Gasteiger partial charge in [-0.2, -0.15) is 0 Å². The minimum absolute atomic E-state index is 0.0300. The number of sulfonamides is 1. The maximum atomic E-state index is 11.7. The first-order chi connectivity index (χ1) is 7.42. The summed E-state index contributed by atoms with van der Waals surface area (Å²) in [6, 6.07) is 4.52. The van der Waals surface area contributed by atoms with Crippen LogP contribution in [-0.4, -0.2) is 28.5 Å². The molecule has 88 valence electrons. The van der Waals surface area contributed by atoms with Gasteiger partial charge in [-0.05, 0) is 31.7 Å². The number of ether oxygens (including phenoxy) is 1. The number of hydrogen-bond acceptors (Lipinski definition) is 4. The zero-order valence-electron chi connectivity index (χ0n) is 9.27. The summed E-state index contributed by atoms with van der Waals surface area (Å²) in [5.74, 6) is -0.672. The fraction of sp³-hybridized carbons (Fsp3) is 0.300. The molecule has 0 aliphatic heterocycles. The molecule has 1 N–H and O–H groups in total. The molecule has 16 heavy (non-hydrogen) atoms. The standard InChI is InChI=1S/C10H13NO4S/c1-7-4-5-8(10(12)15-3)9(6-7)16(13,14)11-2/h4-6,11H,1-3H3. The Balaban J connectivity index is 3.47. The molecule has 0 aliphatic carbocycles. The molecule has 0 amide bonds. The first-order valence-electron chi connectivity index (χ1n) is 4.55. The highest BCUT2D eigenvalue weighted by Gasteiger charge is 2.21. The van der Waals surface area contributed by atoms with Crippen LogP contribution in [0.25, 0.3) is 0 Å². The average Bonchev–Trinajstić information content (AvgIpc) is 2.28. The fourth-order valence-corrected chi connectivity index (χ4v) is 2.24. The van der Waals surface area contributed by atoms with E-state index in [4.69, 9.17) is 0 Å². The normalized spacial score (nSPS) is 11.2. The third kappa shape index (κ3) is 2.40. The summed E-state index contributed by atoms with van der Waals surface area (Å²) < 4.78 is 30.0. The number of nitrogens with one attached hydrogen (secondary N) is 1. The number of benzene rings is 1. The van der Waals surface area contributed by atoms with E-state index >= 15 is 0 Å². The van der Waals surface area contributed by atoms with Crippen molar-refractivity contribution in [2.45, 2.75) is 11.8 Å². The first-order valence-corrected chi connectivity index (χ1v) is 6.03. The monoisotopic (exact) mass is 243 g/mol. The van der Waals surface area contributed by atoms with E-state index < -0.39 is 16.0 Å². The topological polar surface area (TPSA) is 72.5 Å². The van der Waals surface area contributed by atoms with E-state index in [0.717, 1.165) is 5.56 Å².